The number of carbonyl (C=O) groups excluding carboxylic acids is 1. The highest BCUT2D eigenvalue weighted by molar-refractivity contribution is 7.12. The first kappa shape index (κ1) is 8.60. The fourth-order valence-corrected chi connectivity index (χ4v) is 1.09. The topological polar surface area (TPSA) is 90.5 Å². The van der Waals surface area contributed by atoms with Gasteiger partial charge in [-0.2, -0.15) is 0 Å². The quantitative estimate of drug-likeness (QED) is 0.502. The molecule has 0 atom stereocenters. The van der Waals surface area contributed by atoms with Crippen LogP contribution in [-0.4, -0.2) is 28.9 Å². The maximum atomic E-state index is 10.7. The number of carbonyl (C=O) groups is 1. The van der Waals surface area contributed by atoms with Crippen molar-refractivity contribution in [2.45, 2.75) is 0 Å². The summed E-state index contributed by atoms with van der Waals surface area (Å²) in [4.78, 5) is 15.2. The van der Waals surface area contributed by atoms with Crippen molar-refractivity contribution >= 4 is 23.0 Å². The molecular weight excluding hydrogens is 180 g/mol. The molecular formula is C5H6N4O2S. The predicted octanol–water partition coefficient (Wildman–Crippen LogP) is -0.626. The molecule has 6 nitrogen and oxygen atoms in total. The van der Waals surface area contributed by atoms with Crippen LogP contribution in [0.25, 0.3) is 0 Å². The minimum absolute atomic E-state index is 0.0139. The van der Waals surface area contributed by atoms with Crippen molar-refractivity contribution in [1.29, 1.82) is 0 Å². The molecule has 2 N–H and O–H groups in total. The van der Waals surface area contributed by atoms with Crippen LogP contribution in [0, 0.1) is 0 Å². The van der Waals surface area contributed by atoms with Crippen LogP contribution >= 0.6 is 11.3 Å². The molecule has 0 unspecified atom stereocenters. The summed E-state index contributed by atoms with van der Waals surface area (Å²) in [5.74, 6) is -0.686. The number of rotatable bonds is 3. The van der Waals surface area contributed by atoms with E-state index in [0.29, 0.717) is 5.01 Å². The zero-order valence-electron chi connectivity index (χ0n) is 6.22. The predicted molar refractivity (Wildman–Crippen MR) is 42.6 cm³/mol. The minimum Gasteiger partial charge on any atom is -0.398 e. The molecule has 0 aliphatic heterocycles. The highest BCUT2D eigenvalue weighted by Gasteiger charge is 2.14. The summed E-state index contributed by atoms with van der Waals surface area (Å²) in [6.45, 7) is 0. The monoisotopic (exact) mass is 186 g/mol. The average molecular weight is 186 g/mol. The largest absolute Gasteiger partial charge is 0.398 e. The SMILES string of the molecule is CO/N=C(/C(N)=O)c1nncs1. The van der Waals surface area contributed by atoms with E-state index >= 15 is 0 Å². The number of amides is 1. The van der Waals surface area contributed by atoms with Crippen molar-refractivity contribution in [3.8, 4) is 0 Å². The van der Waals surface area contributed by atoms with E-state index in [0.717, 1.165) is 0 Å². The second-order valence-electron chi connectivity index (χ2n) is 1.73. The highest BCUT2D eigenvalue weighted by atomic mass is 32.1. The third-order valence-electron chi connectivity index (χ3n) is 0.979. The lowest BCUT2D eigenvalue weighted by atomic mass is 10.4. The third kappa shape index (κ3) is 1.76. The summed E-state index contributed by atoms with van der Waals surface area (Å²) in [7, 11) is 1.32. The van der Waals surface area contributed by atoms with Gasteiger partial charge in [0.1, 0.15) is 12.6 Å². The highest BCUT2D eigenvalue weighted by Crippen LogP contribution is 2.03. The summed E-state index contributed by atoms with van der Waals surface area (Å²) in [5.41, 5.74) is 6.46. The molecule has 0 spiro atoms. The zero-order valence-corrected chi connectivity index (χ0v) is 7.04. The van der Waals surface area contributed by atoms with E-state index in [1.54, 1.807) is 0 Å². The molecule has 0 saturated heterocycles. The van der Waals surface area contributed by atoms with Gasteiger partial charge in [0.25, 0.3) is 5.91 Å². The van der Waals surface area contributed by atoms with Crippen LogP contribution in [0.4, 0.5) is 0 Å². The van der Waals surface area contributed by atoms with Crippen molar-refractivity contribution < 1.29 is 9.63 Å². The number of hydrogen-bond donors (Lipinski definition) is 1. The Hall–Kier alpha value is -1.50. The maximum absolute atomic E-state index is 10.7. The Kier molecular flexibility index (Phi) is 2.70. The zero-order chi connectivity index (χ0) is 8.97. The van der Waals surface area contributed by atoms with E-state index in [-0.39, 0.29) is 5.71 Å². The molecule has 1 aromatic heterocycles. The number of primary amides is 1. The lowest BCUT2D eigenvalue weighted by Gasteiger charge is -1.93. The number of oxime groups is 1. The van der Waals surface area contributed by atoms with Gasteiger partial charge in [-0.05, 0) is 0 Å². The first-order chi connectivity index (χ1) is 5.75. The van der Waals surface area contributed by atoms with Gasteiger partial charge in [0.15, 0.2) is 5.01 Å². The first-order valence-electron chi connectivity index (χ1n) is 2.93. The maximum Gasteiger partial charge on any atom is 0.273 e. The Labute approximate surface area is 72.0 Å². The van der Waals surface area contributed by atoms with Crippen molar-refractivity contribution in [2.75, 3.05) is 7.11 Å². The average Bonchev–Trinajstić information content (AvgIpc) is 2.51. The van der Waals surface area contributed by atoms with Crippen LogP contribution in [0.15, 0.2) is 10.7 Å². The molecule has 1 amide bonds. The lowest BCUT2D eigenvalue weighted by Crippen LogP contribution is -2.24. The van der Waals surface area contributed by atoms with Crippen LogP contribution in [0.1, 0.15) is 5.01 Å². The molecule has 1 heterocycles. The van der Waals surface area contributed by atoms with Crippen molar-refractivity contribution in [3.05, 3.63) is 10.5 Å². The fourth-order valence-electron chi connectivity index (χ4n) is 0.557. The van der Waals surface area contributed by atoms with Gasteiger partial charge in [0, 0.05) is 0 Å². The summed E-state index contributed by atoms with van der Waals surface area (Å²) in [6.07, 6.45) is 0. The Morgan fingerprint density at radius 1 is 1.83 bits per heavy atom. The van der Waals surface area contributed by atoms with E-state index in [1.807, 2.05) is 0 Å². The van der Waals surface area contributed by atoms with Crippen LogP contribution in [0.5, 0.6) is 0 Å². The summed E-state index contributed by atoms with van der Waals surface area (Å²) >= 11 is 1.17. The van der Waals surface area contributed by atoms with Gasteiger partial charge in [-0.15, -0.1) is 10.2 Å². The fraction of sp³-hybridized carbons (Fsp3) is 0.200. The molecule has 7 heteroatoms. The second-order valence-corrected chi connectivity index (χ2v) is 2.56. The van der Waals surface area contributed by atoms with E-state index in [2.05, 4.69) is 20.2 Å². The van der Waals surface area contributed by atoms with E-state index in [9.17, 15) is 4.79 Å². The first-order valence-corrected chi connectivity index (χ1v) is 3.81. The summed E-state index contributed by atoms with van der Waals surface area (Å²) < 4.78 is 0. The second kappa shape index (κ2) is 3.77. The molecule has 0 fully saturated rings. The van der Waals surface area contributed by atoms with Gasteiger partial charge in [-0.3, -0.25) is 4.79 Å². The molecule has 0 bridgehead atoms. The molecule has 0 aliphatic rings. The molecule has 0 aromatic carbocycles. The molecule has 12 heavy (non-hydrogen) atoms. The van der Waals surface area contributed by atoms with Gasteiger partial charge in [0.2, 0.25) is 5.71 Å². The van der Waals surface area contributed by atoms with Gasteiger partial charge in [0.05, 0.1) is 0 Å². The number of nitrogens with two attached hydrogens (primary N) is 1. The van der Waals surface area contributed by atoms with Crippen LogP contribution in [0.2, 0.25) is 0 Å². The molecule has 0 radical (unpaired) electrons. The third-order valence-corrected chi connectivity index (χ3v) is 1.68. The van der Waals surface area contributed by atoms with Crippen LogP contribution in [-0.2, 0) is 9.63 Å². The summed E-state index contributed by atoms with van der Waals surface area (Å²) in [6, 6.07) is 0. The number of hydrogen-bond acceptors (Lipinski definition) is 6. The van der Waals surface area contributed by atoms with E-state index < -0.39 is 5.91 Å². The minimum atomic E-state index is -0.686. The Bertz CT molecular complexity index is 294. The van der Waals surface area contributed by atoms with Crippen molar-refractivity contribution in [3.63, 3.8) is 0 Å². The Morgan fingerprint density at radius 3 is 3.00 bits per heavy atom. The lowest BCUT2D eigenvalue weighted by molar-refractivity contribution is -0.112. The van der Waals surface area contributed by atoms with Gasteiger partial charge < -0.3 is 10.6 Å². The van der Waals surface area contributed by atoms with Crippen LogP contribution in [0.3, 0.4) is 0 Å². The molecule has 0 aliphatic carbocycles. The Morgan fingerprint density at radius 2 is 2.58 bits per heavy atom. The number of aromatic nitrogens is 2. The standard InChI is InChI=1S/C5H6N4O2S/c1-11-9-3(4(6)10)5-8-7-2-12-5/h2H,1H3,(H2,6,10)/b9-3-. The molecule has 1 aromatic rings. The summed E-state index contributed by atoms with van der Waals surface area (Å²) in [5, 5.41) is 10.9. The van der Waals surface area contributed by atoms with Crippen molar-refractivity contribution in [1.82, 2.24) is 10.2 Å². The van der Waals surface area contributed by atoms with E-state index in [1.165, 1.54) is 24.0 Å². The number of nitrogens with zero attached hydrogens (tertiary/aromatic N) is 3. The normalized spacial score (nSPS) is 11.2. The van der Waals surface area contributed by atoms with Gasteiger partial charge in [-0.25, -0.2) is 0 Å². The molecule has 1 rings (SSSR count). The smallest absolute Gasteiger partial charge is 0.273 e. The van der Waals surface area contributed by atoms with Gasteiger partial charge in [-0.1, -0.05) is 16.5 Å². The molecule has 64 valence electrons. The van der Waals surface area contributed by atoms with Crippen molar-refractivity contribution in [2.24, 2.45) is 10.9 Å². The van der Waals surface area contributed by atoms with Crippen LogP contribution < -0.4 is 5.73 Å². The Balaban J connectivity index is 2.96. The molecule has 0 saturated carbocycles. The van der Waals surface area contributed by atoms with E-state index in [4.69, 9.17) is 5.73 Å². The van der Waals surface area contributed by atoms with Gasteiger partial charge >= 0.3 is 0 Å².